The van der Waals surface area contributed by atoms with Crippen molar-refractivity contribution in [1.29, 1.82) is 0 Å². The molecule has 0 spiro atoms. The number of aryl methyl sites for hydroxylation is 1. The predicted octanol–water partition coefficient (Wildman–Crippen LogP) is 0.967. The van der Waals surface area contributed by atoms with Crippen LogP contribution in [0.15, 0.2) is 23.1 Å². The van der Waals surface area contributed by atoms with E-state index in [0.717, 1.165) is 11.5 Å². The second-order valence-electron chi connectivity index (χ2n) is 3.11. The van der Waals surface area contributed by atoms with Gasteiger partial charge >= 0.3 is 0 Å². The van der Waals surface area contributed by atoms with Crippen LogP contribution in [-0.4, -0.2) is 15.1 Å². The van der Waals surface area contributed by atoms with Crippen molar-refractivity contribution in [2.75, 3.05) is 11.1 Å². The summed E-state index contributed by atoms with van der Waals surface area (Å²) in [6.45, 7) is 2.37. The summed E-state index contributed by atoms with van der Waals surface area (Å²) in [6, 6.07) is 1.85. The summed E-state index contributed by atoms with van der Waals surface area (Å²) < 4.78 is 4.93. The molecular formula is C9H11N5O. The van der Waals surface area contributed by atoms with Crippen LogP contribution < -0.4 is 11.1 Å². The molecule has 2 aromatic heterocycles. The number of rotatable bonds is 3. The van der Waals surface area contributed by atoms with Gasteiger partial charge in [-0.2, -0.15) is 0 Å². The molecule has 6 heteroatoms. The average Bonchev–Trinajstić information content (AvgIpc) is 2.63. The van der Waals surface area contributed by atoms with Gasteiger partial charge in [-0.1, -0.05) is 5.16 Å². The summed E-state index contributed by atoms with van der Waals surface area (Å²) >= 11 is 0. The number of aromatic nitrogens is 3. The molecule has 0 saturated carbocycles. The third-order valence-electron chi connectivity index (χ3n) is 1.85. The first-order valence-electron chi connectivity index (χ1n) is 4.47. The minimum absolute atomic E-state index is 0.512. The van der Waals surface area contributed by atoms with Crippen LogP contribution in [0.5, 0.6) is 0 Å². The zero-order valence-corrected chi connectivity index (χ0v) is 8.27. The maximum atomic E-state index is 5.66. The first-order chi connectivity index (χ1) is 7.25. The zero-order chi connectivity index (χ0) is 10.7. The van der Waals surface area contributed by atoms with Gasteiger partial charge in [0.05, 0.1) is 18.4 Å². The monoisotopic (exact) mass is 205 g/mol. The Hall–Kier alpha value is -2.11. The van der Waals surface area contributed by atoms with Crippen molar-refractivity contribution in [2.45, 2.75) is 13.5 Å². The minimum atomic E-state index is 0.512. The Morgan fingerprint density at radius 2 is 2.40 bits per heavy atom. The Morgan fingerprint density at radius 3 is 3.07 bits per heavy atom. The van der Waals surface area contributed by atoms with E-state index < -0.39 is 0 Å². The summed E-state index contributed by atoms with van der Waals surface area (Å²) in [5.41, 5.74) is 6.98. The topological polar surface area (TPSA) is 89.9 Å². The highest BCUT2D eigenvalue weighted by Crippen LogP contribution is 2.12. The number of nitrogen functional groups attached to an aromatic ring is 1. The quantitative estimate of drug-likeness (QED) is 0.775. The fraction of sp³-hybridized carbons (Fsp3) is 0.222. The Bertz CT molecular complexity index is 453. The number of nitrogens with zero attached hydrogens (tertiary/aromatic N) is 3. The zero-order valence-electron chi connectivity index (χ0n) is 8.27. The van der Waals surface area contributed by atoms with Gasteiger partial charge in [0.1, 0.15) is 17.8 Å². The van der Waals surface area contributed by atoms with E-state index in [-0.39, 0.29) is 0 Å². The molecule has 3 N–H and O–H groups in total. The molecule has 0 bridgehead atoms. The summed E-state index contributed by atoms with van der Waals surface area (Å²) in [6.07, 6.45) is 2.98. The van der Waals surface area contributed by atoms with Crippen molar-refractivity contribution < 1.29 is 4.52 Å². The third-order valence-corrected chi connectivity index (χ3v) is 1.85. The fourth-order valence-electron chi connectivity index (χ4n) is 1.16. The van der Waals surface area contributed by atoms with Crippen molar-refractivity contribution in [3.8, 4) is 0 Å². The van der Waals surface area contributed by atoms with Gasteiger partial charge in [-0.05, 0) is 6.92 Å². The van der Waals surface area contributed by atoms with Gasteiger partial charge in [-0.15, -0.1) is 0 Å². The standard InChI is InChI=1S/C9H11N5O/c1-6-2-7(14-15-6)3-12-9-8(10)4-11-5-13-9/h2,4-5H,3,10H2,1H3,(H,11,12,13). The van der Waals surface area contributed by atoms with Gasteiger partial charge < -0.3 is 15.6 Å². The van der Waals surface area contributed by atoms with Gasteiger partial charge in [0.2, 0.25) is 0 Å². The lowest BCUT2D eigenvalue weighted by molar-refractivity contribution is 0.391. The minimum Gasteiger partial charge on any atom is -0.394 e. The predicted molar refractivity (Wildman–Crippen MR) is 55.0 cm³/mol. The molecule has 0 atom stereocenters. The summed E-state index contributed by atoms with van der Waals surface area (Å²) in [7, 11) is 0. The van der Waals surface area contributed by atoms with Crippen LogP contribution in [0.2, 0.25) is 0 Å². The summed E-state index contributed by atoms with van der Waals surface area (Å²) in [4.78, 5) is 7.79. The van der Waals surface area contributed by atoms with Crippen molar-refractivity contribution in [3.05, 3.63) is 30.0 Å². The van der Waals surface area contributed by atoms with Gasteiger partial charge in [0.25, 0.3) is 0 Å². The van der Waals surface area contributed by atoms with Crippen molar-refractivity contribution in [1.82, 2.24) is 15.1 Å². The fourth-order valence-corrected chi connectivity index (χ4v) is 1.16. The molecule has 0 aliphatic carbocycles. The second kappa shape index (κ2) is 3.95. The van der Waals surface area contributed by atoms with Crippen LogP contribution in [0.4, 0.5) is 11.5 Å². The smallest absolute Gasteiger partial charge is 0.152 e. The number of hydrogen-bond donors (Lipinski definition) is 2. The lowest BCUT2D eigenvalue weighted by atomic mass is 10.3. The van der Waals surface area contributed by atoms with Crippen molar-refractivity contribution in [3.63, 3.8) is 0 Å². The average molecular weight is 205 g/mol. The molecular weight excluding hydrogens is 194 g/mol. The molecule has 2 aromatic rings. The van der Waals surface area contributed by atoms with E-state index in [4.69, 9.17) is 10.3 Å². The van der Waals surface area contributed by atoms with E-state index in [1.54, 1.807) is 6.20 Å². The highest BCUT2D eigenvalue weighted by molar-refractivity contribution is 5.58. The van der Waals surface area contributed by atoms with Gasteiger partial charge in [0, 0.05) is 6.07 Å². The third kappa shape index (κ3) is 2.22. The van der Waals surface area contributed by atoms with Crippen molar-refractivity contribution >= 4 is 11.5 Å². The highest BCUT2D eigenvalue weighted by Gasteiger charge is 2.02. The molecule has 15 heavy (non-hydrogen) atoms. The van der Waals surface area contributed by atoms with Gasteiger partial charge in [-0.3, -0.25) is 0 Å². The van der Waals surface area contributed by atoms with Crippen LogP contribution in [0, 0.1) is 6.92 Å². The number of nitrogens with two attached hydrogens (primary N) is 1. The molecule has 0 saturated heterocycles. The first kappa shape index (κ1) is 9.45. The van der Waals surface area contributed by atoms with E-state index in [1.807, 2.05) is 13.0 Å². The second-order valence-corrected chi connectivity index (χ2v) is 3.11. The van der Waals surface area contributed by atoms with Crippen LogP contribution in [-0.2, 0) is 6.54 Å². The molecule has 0 unspecified atom stereocenters. The van der Waals surface area contributed by atoms with Crippen LogP contribution >= 0.6 is 0 Å². The first-order valence-corrected chi connectivity index (χ1v) is 4.47. The molecule has 2 rings (SSSR count). The molecule has 0 aliphatic rings. The van der Waals surface area contributed by atoms with E-state index in [1.165, 1.54) is 6.33 Å². The SMILES string of the molecule is Cc1cc(CNc2ncncc2N)no1. The Kier molecular flexibility index (Phi) is 2.49. The summed E-state index contributed by atoms with van der Waals surface area (Å²) in [5, 5.41) is 6.88. The van der Waals surface area contributed by atoms with E-state index >= 15 is 0 Å². The van der Waals surface area contributed by atoms with Gasteiger partial charge in [0.15, 0.2) is 5.82 Å². The van der Waals surface area contributed by atoms with E-state index in [2.05, 4.69) is 20.4 Å². The lowest BCUT2D eigenvalue weighted by Crippen LogP contribution is -2.04. The van der Waals surface area contributed by atoms with Gasteiger partial charge in [-0.25, -0.2) is 9.97 Å². The van der Waals surface area contributed by atoms with Crippen molar-refractivity contribution in [2.24, 2.45) is 0 Å². The Morgan fingerprint density at radius 1 is 1.53 bits per heavy atom. The normalized spacial score (nSPS) is 10.2. The molecule has 0 fully saturated rings. The molecule has 0 aliphatic heterocycles. The molecule has 78 valence electrons. The van der Waals surface area contributed by atoms with E-state index in [0.29, 0.717) is 18.1 Å². The van der Waals surface area contributed by atoms with Crippen LogP contribution in [0.3, 0.4) is 0 Å². The molecule has 0 amide bonds. The maximum Gasteiger partial charge on any atom is 0.152 e. The van der Waals surface area contributed by atoms with Crippen LogP contribution in [0.25, 0.3) is 0 Å². The molecule has 0 radical (unpaired) electrons. The van der Waals surface area contributed by atoms with Crippen LogP contribution in [0.1, 0.15) is 11.5 Å². The molecule has 6 nitrogen and oxygen atoms in total. The highest BCUT2D eigenvalue weighted by atomic mass is 16.5. The van der Waals surface area contributed by atoms with E-state index in [9.17, 15) is 0 Å². The number of nitrogens with one attached hydrogen (secondary N) is 1. The largest absolute Gasteiger partial charge is 0.394 e. The number of anilines is 2. The number of hydrogen-bond acceptors (Lipinski definition) is 6. The molecule has 0 aromatic carbocycles. The maximum absolute atomic E-state index is 5.66. The summed E-state index contributed by atoms with van der Waals surface area (Å²) in [5.74, 6) is 1.38. The lowest BCUT2D eigenvalue weighted by Gasteiger charge is -2.04. The molecule has 2 heterocycles. The Balaban J connectivity index is 2.02. The Labute approximate surface area is 86.5 Å².